The SMILES string of the molecule is COc1ccc(NC(=O)CN2N=NC3C(=O)N(c4ccc(Br)cc4)C(=O)C32)cc1Cl. The smallest absolute Gasteiger partial charge is 0.263 e. The molecule has 0 aliphatic carbocycles. The molecule has 2 atom stereocenters. The molecule has 1 saturated heterocycles. The molecular weight excluding hydrogens is 478 g/mol. The average Bonchev–Trinajstić information content (AvgIpc) is 3.23. The van der Waals surface area contributed by atoms with Crippen molar-refractivity contribution < 1.29 is 19.1 Å². The average molecular weight is 493 g/mol. The maximum Gasteiger partial charge on any atom is 0.263 e. The van der Waals surface area contributed by atoms with E-state index in [0.29, 0.717) is 22.1 Å². The van der Waals surface area contributed by atoms with Gasteiger partial charge < -0.3 is 10.1 Å². The quantitative estimate of drug-likeness (QED) is 0.646. The summed E-state index contributed by atoms with van der Waals surface area (Å²) in [5.41, 5.74) is 0.902. The summed E-state index contributed by atoms with van der Waals surface area (Å²) in [5.74, 6) is -0.898. The molecule has 154 valence electrons. The summed E-state index contributed by atoms with van der Waals surface area (Å²) < 4.78 is 5.90. The number of nitrogens with one attached hydrogen (secondary N) is 1. The van der Waals surface area contributed by atoms with Gasteiger partial charge in [-0.2, -0.15) is 5.11 Å². The molecule has 0 aromatic heterocycles. The second-order valence-electron chi connectivity index (χ2n) is 6.58. The normalized spacial score (nSPS) is 20.0. The van der Waals surface area contributed by atoms with E-state index < -0.39 is 29.8 Å². The Kier molecular flexibility index (Phi) is 5.44. The number of anilines is 2. The molecule has 2 aliphatic rings. The molecule has 2 aromatic rings. The van der Waals surface area contributed by atoms with Crippen LogP contribution in [0, 0.1) is 0 Å². The van der Waals surface area contributed by atoms with Crippen LogP contribution < -0.4 is 15.0 Å². The van der Waals surface area contributed by atoms with E-state index >= 15 is 0 Å². The van der Waals surface area contributed by atoms with Gasteiger partial charge in [0.1, 0.15) is 12.3 Å². The van der Waals surface area contributed by atoms with Crippen molar-refractivity contribution in [1.29, 1.82) is 0 Å². The summed E-state index contributed by atoms with van der Waals surface area (Å²) in [4.78, 5) is 39.1. The molecule has 9 nitrogen and oxygen atoms in total. The van der Waals surface area contributed by atoms with Gasteiger partial charge in [0.2, 0.25) is 5.91 Å². The molecule has 11 heteroatoms. The number of imide groups is 1. The predicted octanol–water partition coefficient (Wildman–Crippen LogP) is 3.04. The minimum Gasteiger partial charge on any atom is -0.495 e. The topological polar surface area (TPSA) is 104 Å². The number of benzene rings is 2. The molecule has 2 aromatic carbocycles. The first-order chi connectivity index (χ1) is 14.4. The summed E-state index contributed by atoms with van der Waals surface area (Å²) in [6, 6.07) is 9.66. The molecule has 2 unspecified atom stereocenters. The summed E-state index contributed by atoms with van der Waals surface area (Å²) >= 11 is 9.38. The van der Waals surface area contributed by atoms with Crippen molar-refractivity contribution in [2.75, 3.05) is 23.9 Å². The van der Waals surface area contributed by atoms with E-state index in [1.807, 2.05) is 0 Å². The van der Waals surface area contributed by atoms with Crippen LogP contribution in [0.3, 0.4) is 0 Å². The second kappa shape index (κ2) is 8.04. The molecule has 1 N–H and O–H groups in total. The third-order valence-electron chi connectivity index (χ3n) is 4.68. The molecule has 30 heavy (non-hydrogen) atoms. The molecule has 0 saturated carbocycles. The Bertz CT molecular complexity index is 1060. The van der Waals surface area contributed by atoms with E-state index in [1.54, 1.807) is 42.5 Å². The fourth-order valence-corrected chi connectivity index (χ4v) is 3.81. The first-order valence-corrected chi connectivity index (χ1v) is 10.0. The van der Waals surface area contributed by atoms with Gasteiger partial charge in [0.05, 0.1) is 17.8 Å². The van der Waals surface area contributed by atoms with Crippen LogP contribution in [0.15, 0.2) is 57.3 Å². The first-order valence-electron chi connectivity index (χ1n) is 8.83. The standard InChI is InChI=1S/C19H15BrClN5O4/c1-30-14-7-4-11(8-13(14)21)22-15(27)9-25-17-16(23-24-25)18(28)26(19(17)29)12-5-2-10(20)3-6-12/h2-8,16-17H,9H2,1H3,(H,22,27). The monoisotopic (exact) mass is 491 g/mol. The third-order valence-corrected chi connectivity index (χ3v) is 5.51. The molecule has 3 amide bonds. The van der Waals surface area contributed by atoms with Gasteiger partial charge in [0.25, 0.3) is 11.8 Å². The lowest BCUT2D eigenvalue weighted by molar-refractivity contribution is -0.123. The minimum atomic E-state index is -0.968. The van der Waals surface area contributed by atoms with Crippen LogP contribution in [-0.4, -0.2) is 48.5 Å². The number of methoxy groups -OCH3 is 1. The van der Waals surface area contributed by atoms with E-state index in [-0.39, 0.29) is 6.54 Å². The maximum atomic E-state index is 12.9. The lowest BCUT2D eigenvalue weighted by Gasteiger charge is -2.20. The number of rotatable bonds is 5. The number of amides is 3. The number of fused-ring (bicyclic) bond motifs is 1. The number of halogens is 2. The van der Waals surface area contributed by atoms with Crippen LogP contribution in [-0.2, 0) is 14.4 Å². The molecule has 0 radical (unpaired) electrons. The number of hydrogen-bond acceptors (Lipinski definition) is 7. The Morgan fingerprint density at radius 3 is 2.60 bits per heavy atom. The molecule has 0 bridgehead atoms. The summed E-state index contributed by atoms with van der Waals surface area (Å²) in [5, 5.41) is 12.0. The summed E-state index contributed by atoms with van der Waals surface area (Å²) in [6.45, 7) is -0.248. The second-order valence-corrected chi connectivity index (χ2v) is 7.90. The van der Waals surface area contributed by atoms with Crippen molar-refractivity contribution in [1.82, 2.24) is 5.01 Å². The van der Waals surface area contributed by atoms with Crippen LogP contribution in [0.4, 0.5) is 11.4 Å². The third kappa shape index (κ3) is 3.63. The Morgan fingerprint density at radius 2 is 1.93 bits per heavy atom. The number of nitrogens with zero attached hydrogens (tertiary/aromatic N) is 4. The van der Waals surface area contributed by atoms with E-state index in [1.165, 1.54) is 12.1 Å². The lowest BCUT2D eigenvalue weighted by Crippen LogP contribution is -2.43. The van der Waals surface area contributed by atoms with Gasteiger partial charge in [-0.05, 0) is 42.5 Å². The minimum absolute atomic E-state index is 0.248. The molecule has 1 fully saturated rings. The van der Waals surface area contributed by atoms with E-state index in [4.69, 9.17) is 16.3 Å². The van der Waals surface area contributed by atoms with E-state index in [2.05, 4.69) is 31.6 Å². The fourth-order valence-electron chi connectivity index (χ4n) is 3.29. The number of carbonyl (C=O) groups is 3. The van der Waals surface area contributed by atoms with E-state index in [9.17, 15) is 14.4 Å². The number of hydrogen-bond donors (Lipinski definition) is 1. The van der Waals surface area contributed by atoms with Gasteiger partial charge >= 0.3 is 0 Å². The largest absolute Gasteiger partial charge is 0.495 e. The highest BCUT2D eigenvalue weighted by atomic mass is 79.9. The Hall–Kier alpha value is -2.98. The van der Waals surface area contributed by atoms with Crippen LogP contribution >= 0.6 is 27.5 Å². The number of carbonyl (C=O) groups excluding carboxylic acids is 3. The molecule has 2 aliphatic heterocycles. The van der Waals surface area contributed by atoms with Crippen LogP contribution in [0.25, 0.3) is 0 Å². The van der Waals surface area contributed by atoms with Gasteiger partial charge in [-0.25, -0.2) is 4.90 Å². The van der Waals surface area contributed by atoms with E-state index in [0.717, 1.165) is 9.37 Å². The van der Waals surface area contributed by atoms with Crippen LogP contribution in [0.2, 0.25) is 5.02 Å². The van der Waals surface area contributed by atoms with Gasteiger partial charge in [0, 0.05) is 10.2 Å². The van der Waals surface area contributed by atoms with Crippen molar-refractivity contribution >= 4 is 56.6 Å². The summed E-state index contributed by atoms with van der Waals surface area (Å²) in [7, 11) is 1.49. The zero-order chi connectivity index (χ0) is 21.4. The highest BCUT2D eigenvalue weighted by Crippen LogP contribution is 2.32. The van der Waals surface area contributed by atoms with Gasteiger partial charge in [-0.15, -0.1) is 0 Å². The first kappa shape index (κ1) is 20.3. The van der Waals surface area contributed by atoms with Crippen molar-refractivity contribution in [3.8, 4) is 5.75 Å². The van der Waals surface area contributed by atoms with Crippen LogP contribution in [0.5, 0.6) is 5.75 Å². The Labute approximate surface area is 184 Å². The summed E-state index contributed by atoms with van der Waals surface area (Å²) in [6.07, 6.45) is 0. The molecule has 0 spiro atoms. The Balaban J connectivity index is 1.46. The zero-order valence-corrected chi connectivity index (χ0v) is 17.9. The lowest BCUT2D eigenvalue weighted by atomic mass is 10.1. The van der Waals surface area contributed by atoms with Crippen molar-refractivity contribution in [2.24, 2.45) is 10.3 Å². The fraction of sp³-hybridized carbons (Fsp3) is 0.211. The zero-order valence-electron chi connectivity index (χ0n) is 15.6. The Morgan fingerprint density at radius 1 is 1.20 bits per heavy atom. The van der Waals surface area contributed by atoms with Gasteiger partial charge in [0.15, 0.2) is 12.1 Å². The predicted molar refractivity (Wildman–Crippen MR) is 112 cm³/mol. The van der Waals surface area contributed by atoms with Crippen molar-refractivity contribution in [2.45, 2.75) is 12.1 Å². The molecule has 4 rings (SSSR count). The maximum absolute atomic E-state index is 12.9. The van der Waals surface area contributed by atoms with Gasteiger partial charge in [-0.3, -0.25) is 19.4 Å². The van der Waals surface area contributed by atoms with Crippen molar-refractivity contribution in [3.63, 3.8) is 0 Å². The van der Waals surface area contributed by atoms with Crippen LogP contribution in [0.1, 0.15) is 0 Å². The highest BCUT2D eigenvalue weighted by molar-refractivity contribution is 9.10. The highest BCUT2D eigenvalue weighted by Gasteiger charge is 2.55. The molecular formula is C19H15BrClN5O4. The van der Waals surface area contributed by atoms with Gasteiger partial charge in [-0.1, -0.05) is 32.8 Å². The van der Waals surface area contributed by atoms with Crippen molar-refractivity contribution in [3.05, 3.63) is 52.0 Å². The number of ether oxygens (including phenoxy) is 1. The molecule has 2 heterocycles.